The first kappa shape index (κ1) is 22.5. The van der Waals surface area contributed by atoms with Crippen LogP contribution in [0.3, 0.4) is 0 Å². The molecule has 3 aromatic rings. The molecule has 0 amide bonds. The van der Waals surface area contributed by atoms with Gasteiger partial charge in [0.2, 0.25) is 5.13 Å². The maximum absolute atomic E-state index is 13.2. The first-order valence-electron chi connectivity index (χ1n) is 9.84. The van der Waals surface area contributed by atoms with Gasteiger partial charge in [0.25, 0.3) is 5.56 Å². The number of methoxy groups -OCH3 is 1. The molecule has 0 radical (unpaired) electrons. The third-order valence-electron chi connectivity index (χ3n) is 5.41. The predicted octanol–water partition coefficient (Wildman–Crippen LogP) is 0.386. The zero-order valence-electron chi connectivity index (χ0n) is 18.0. The van der Waals surface area contributed by atoms with Crippen molar-refractivity contribution >= 4 is 21.6 Å². The summed E-state index contributed by atoms with van der Waals surface area (Å²) >= 11 is 1.40. The number of fused-ring (bicyclic) bond motifs is 2. The van der Waals surface area contributed by atoms with Gasteiger partial charge < -0.3 is 14.4 Å². The summed E-state index contributed by atoms with van der Waals surface area (Å²) in [5.41, 5.74) is 3.11. The minimum atomic E-state index is -0.259. The van der Waals surface area contributed by atoms with Crippen LogP contribution in [-0.2, 0) is 13.0 Å². The fourth-order valence-corrected chi connectivity index (χ4v) is 4.66. The van der Waals surface area contributed by atoms with Gasteiger partial charge in [-0.15, -0.1) is 0 Å². The van der Waals surface area contributed by atoms with Crippen molar-refractivity contribution in [1.29, 1.82) is 0 Å². The molecule has 0 spiro atoms. The van der Waals surface area contributed by atoms with E-state index < -0.39 is 0 Å². The van der Waals surface area contributed by atoms with Crippen LogP contribution in [0.4, 0.5) is 0 Å². The summed E-state index contributed by atoms with van der Waals surface area (Å²) in [4.78, 5) is 17.7. The molecule has 7 nitrogen and oxygen atoms in total. The Morgan fingerprint density at radius 1 is 1.12 bits per heavy atom. The molecular weight excluding hydrogens is 435 g/mol. The van der Waals surface area contributed by atoms with Crippen LogP contribution in [0.2, 0.25) is 0 Å². The Morgan fingerprint density at radius 3 is 2.59 bits per heavy atom. The number of benzene rings is 2. The molecule has 9 heteroatoms. The molecule has 156 valence electrons. The van der Waals surface area contributed by atoms with E-state index in [1.807, 2.05) is 48.5 Å². The van der Waals surface area contributed by atoms with Crippen molar-refractivity contribution in [2.45, 2.75) is 19.9 Å². The third-order valence-corrected chi connectivity index (χ3v) is 6.42. The normalized spacial score (nSPS) is 11.1. The molecule has 2 aliphatic rings. The average molecular weight is 454 g/mol. The summed E-state index contributed by atoms with van der Waals surface area (Å²) in [6.45, 7) is 2.27. The summed E-state index contributed by atoms with van der Waals surface area (Å²) in [7, 11) is 1.63. The first-order chi connectivity index (χ1) is 15.0. The van der Waals surface area contributed by atoms with Crippen molar-refractivity contribution in [1.82, 2.24) is 19.3 Å². The quantitative estimate of drug-likeness (QED) is 0.359. The Hall–Kier alpha value is -2.65. The Balaban J connectivity index is 0.00000245. The number of ether oxygens (including phenoxy) is 1. The maximum Gasteiger partial charge on any atom is 1.00 e. The Labute approximate surface area is 210 Å². The van der Waals surface area contributed by atoms with Crippen LogP contribution >= 0.6 is 11.3 Å². The van der Waals surface area contributed by atoms with Crippen LogP contribution in [0.25, 0.3) is 26.6 Å². The molecular formula is C23H19N4NaO3S. The van der Waals surface area contributed by atoms with Crippen molar-refractivity contribution in [3.63, 3.8) is 0 Å². The van der Waals surface area contributed by atoms with Gasteiger partial charge in [-0.05, 0) is 55.1 Å². The van der Waals surface area contributed by atoms with Crippen molar-refractivity contribution in [3.8, 4) is 28.0 Å². The number of pyridine rings is 1. The second kappa shape index (κ2) is 9.07. The molecule has 0 fully saturated rings. The van der Waals surface area contributed by atoms with Crippen molar-refractivity contribution < 1.29 is 39.4 Å². The van der Waals surface area contributed by atoms with Gasteiger partial charge in [0.1, 0.15) is 5.75 Å². The maximum atomic E-state index is 13.2. The molecule has 1 aromatic heterocycles. The van der Waals surface area contributed by atoms with E-state index in [0.717, 1.165) is 21.5 Å². The van der Waals surface area contributed by atoms with E-state index in [9.17, 15) is 9.90 Å². The van der Waals surface area contributed by atoms with E-state index in [1.54, 1.807) is 18.6 Å². The minimum Gasteiger partial charge on any atom is -0.860 e. The standard InChI is InChI=1S/C23H20N4O3S.Na/c1-14-21-18(13-20(28)26(14)12-11-15-7-9-16(30-2)10-8-15)25-27(22(21)29)23-24-17-5-3-4-6-19(17)31-23;/h3-10,13,28H,11-12H2,1-2H3;/q;+1/p-1. The summed E-state index contributed by atoms with van der Waals surface area (Å²) in [6, 6.07) is 16.9. The molecule has 0 saturated carbocycles. The molecule has 0 aliphatic carbocycles. The summed E-state index contributed by atoms with van der Waals surface area (Å²) in [5.74, 6) is 0.615. The van der Waals surface area contributed by atoms with Crippen LogP contribution in [-0.4, -0.2) is 26.4 Å². The average Bonchev–Trinajstić information content (AvgIpc) is 3.34. The Kier molecular flexibility index (Phi) is 6.39. The number of hydrogen-bond acceptors (Lipinski definition) is 6. The van der Waals surface area contributed by atoms with Gasteiger partial charge in [0.05, 0.1) is 28.6 Å². The number of aromatic nitrogens is 4. The monoisotopic (exact) mass is 454 g/mol. The van der Waals surface area contributed by atoms with Gasteiger partial charge in [-0.25, -0.2) is 4.98 Å². The number of rotatable bonds is 5. The van der Waals surface area contributed by atoms with Crippen molar-refractivity contribution in [3.05, 3.63) is 76.2 Å². The van der Waals surface area contributed by atoms with Gasteiger partial charge in [-0.1, -0.05) is 35.6 Å². The zero-order valence-corrected chi connectivity index (χ0v) is 20.8. The van der Waals surface area contributed by atoms with Crippen LogP contribution in [0.5, 0.6) is 11.6 Å². The second-order valence-corrected chi connectivity index (χ2v) is 8.27. The largest absolute Gasteiger partial charge is 1.00 e. The molecule has 0 N–H and O–H groups in total. The molecule has 0 unspecified atom stereocenters. The summed E-state index contributed by atoms with van der Waals surface area (Å²) in [6.07, 6.45) is 0.663. The summed E-state index contributed by atoms with van der Waals surface area (Å²) < 4.78 is 9.10. The molecule has 3 heterocycles. The minimum absolute atomic E-state index is 0. The van der Waals surface area contributed by atoms with Crippen LogP contribution in [0.15, 0.2) is 59.4 Å². The number of nitrogens with zero attached hydrogens (tertiary/aromatic N) is 4. The molecule has 2 aliphatic heterocycles. The zero-order chi connectivity index (χ0) is 21.5. The molecule has 0 bridgehead atoms. The predicted molar refractivity (Wildman–Crippen MR) is 119 cm³/mol. The third kappa shape index (κ3) is 3.95. The number of hydrogen-bond donors (Lipinski definition) is 0. The molecule has 0 atom stereocenters. The SMILES string of the molecule is COc1ccc(CCn2c([O-])cc3nn(-c4nc5ccccc5s4)c(=O)c-3c2C)cc1.[Na+]. The molecule has 5 rings (SSSR count). The van der Waals surface area contributed by atoms with E-state index in [2.05, 4.69) is 10.1 Å². The van der Waals surface area contributed by atoms with E-state index in [1.165, 1.54) is 22.1 Å². The molecule has 2 aromatic carbocycles. The smallest absolute Gasteiger partial charge is 0.860 e. The van der Waals surface area contributed by atoms with Crippen LogP contribution < -0.4 is 45.0 Å². The number of aryl methyl sites for hydroxylation is 1. The van der Waals surface area contributed by atoms with E-state index in [4.69, 9.17) is 4.74 Å². The fourth-order valence-electron chi connectivity index (χ4n) is 3.75. The van der Waals surface area contributed by atoms with Gasteiger partial charge in [0.15, 0.2) is 0 Å². The van der Waals surface area contributed by atoms with Gasteiger partial charge in [-0.3, -0.25) is 4.79 Å². The Bertz CT molecular complexity index is 1390. The van der Waals surface area contributed by atoms with E-state index in [-0.39, 0.29) is 41.0 Å². The Morgan fingerprint density at radius 2 is 1.88 bits per heavy atom. The second-order valence-electron chi connectivity index (χ2n) is 7.26. The summed E-state index contributed by atoms with van der Waals surface area (Å²) in [5, 5.41) is 17.7. The van der Waals surface area contributed by atoms with E-state index >= 15 is 0 Å². The van der Waals surface area contributed by atoms with Gasteiger partial charge >= 0.3 is 29.6 Å². The van der Waals surface area contributed by atoms with Crippen LogP contribution in [0, 0.1) is 6.92 Å². The molecule has 0 saturated heterocycles. The van der Waals surface area contributed by atoms with Crippen molar-refractivity contribution in [2.75, 3.05) is 7.11 Å². The topological polar surface area (TPSA) is 85.0 Å². The molecule has 32 heavy (non-hydrogen) atoms. The van der Waals surface area contributed by atoms with Gasteiger partial charge in [-0.2, -0.15) is 9.78 Å². The fraction of sp³-hybridized carbons (Fsp3) is 0.174. The first-order valence-corrected chi connectivity index (χ1v) is 10.7. The number of para-hydroxylation sites is 1. The van der Waals surface area contributed by atoms with Gasteiger partial charge in [0, 0.05) is 12.2 Å². The number of thiazole rings is 1. The van der Waals surface area contributed by atoms with Crippen molar-refractivity contribution in [2.24, 2.45) is 0 Å². The van der Waals surface area contributed by atoms with Crippen LogP contribution in [0.1, 0.15) is 11.3 Å². The van der Waals surface area contributed by atoms with E-state index in [0.29, 0.717) is 35.0 Å².